The number of halogens is 3. The van der Waals surface area contributed by atoms with Gasteiger partial charge in [0.25, 0.3) is 5.91 Å². The van der Waals surface area contributed by atoms with E-state index in [0.29, 0.717) is 11.3 Å². The summed E-state index contributed by atoms with van der Waals surface area (Å²) in [5.74, 6) is -0.743. The first-order valence-electron chi connectivity index (χ1n) is 11.8. The van der Waals surface area contributed by atoms with E-state index in [4.69, 9.17) is 0 Å². The van der Waals surface area contributed by atoms with Gasteiger partial charge in [0.15, 0.2) is 0 Å². The molecule has 1 heterocycles. The number of anilines is 1. The summed E-state index contributed by atoms with van der Waals surface area (Å²) in [6, 6.07) is 9.82. The summed E-state index contributed by atoms with van der Waals surface area (Å²) in [5, 5.41) is 20.5. The Hall–Kier alpha value is -3.82. The number of amides is 2. The van der Waals surface area contributed by atoms with Gasteiger partial charge in [0.05, 0.1) is 17.0 Å². The van der Waals surface area contributed by atoms with Gasteiger partial charge < -0.3 is 15.7 Å². The van der Waals surface area contributed by atoms with E-state index in [1.807, 2.05) is 13.8 Å². The Morgan fingerprint density at radius 2 is 1.81 bits per heavy atom. The maximum Gasteiger partial charge on any atom is 0.416 e. The SMILES string of the molecule is CC(C)NC(=O)n1nc(-c2ccc(NC(=O)c3cccc(C(F)(F)F)c3)cc2O)cc1C1CCCC1. The molecule has 0 aliphatic heterocycles. The summed E-state index contributed by atoms with van der Waals surface area (Å²) in [7, 11) is 0. The lowest BCUT2D eigenvalue weighted by Crippen LogP contribution is -2.35. The molecule has 1 fully saturated rings. The van der Waals surface area contributed by atoms with Crippen molar-refractivity contribution in [2.45, 2.75) is 57.7 Å². The first-order chi connectivity index (χ1) is 17.0. The number of alkyl halides is 3. The van der Waals surface area contributed by atoms with E-state index in [-0.39, 0.29) is 35.0 Å². The summed E-state index contributed by atoms with van der Waals surface area (Å²) >= 11 is 0. The number of phenols is 1. The first-order valence-corrected chi connectivity index (χ1v) is 11.8. The zero-order valence-electron chi connectivity index (χ0n) is 19.9. The van der Waals surface area contributed by atoms with Crippen LogP contribution in [0.25, 0.3) is 11.3 Å². The van der Waals surface area contributed by atoms with Gasteiger partial charge in [-0.15, -0.1) is 0 Å². The van der Waals surface area contributed by atoms with Crippen LogP contribution in [-0.4, -0.2) is 32.9 Å². The number of aromatic hydroxyl groups is 1. The van der Waals surface area contributed by atoms with Gasteiger partial charge in [-0.25, -0.2) is 4.79 Å². The maximum absolute atomic E-state index is 13.0. The number of aromatic nitrogens is 2. The molecule has 2 aromatic carbocycles. The Morgan fingerprint density at radius 1 is 1.08 bits per heavy atom. The lowest BCUT2D eigenvalue weighted by Gasteiger charge is -2.13. The maximum atomic E-state index is 13.0. The molecule has 0 saturated heterocycles. The van der Waals surface area contributed by atoms with E-state index in [0.717, 1.165) is 49.6 Å². The molecule has 0 radical (unpaired) electrons. The molecule has 1 aliphatic carbocycles. The van der Waals surface area contributed by atoms with Crippen LogP contribution < -0.4 is 10.6 Å². The second-order valence-corrected chi connectivity index (χ2v) is 9.22. The van der Waals surface area contributed by atoms with Crippen molar-refractivity contribution in [3.05, 3.63) is 65.4 Å². The third kappa shape index (κ3) is 5.53. The monoisotopic (exact) mass is 500 g/mol. The van der Waals surface area contributed by atoms with Crippen molar-refractivity contribution in [1.29, 1.82) is 0 Å². The van der Waals surface area contributed by atoms with E-state index in [9.17, 15) is 27.9 Å². The van der Waals surface area contributed by atoms with Gasteiger partial charge >= 0.3 is 12.2 Å². The lowest BCUT2D eigenvalue weighted by molar-refractivity contribution is -0.137. The molecule has 1 aliphatic rings. The van der Waals surface area contributed by atoms with Crippen LogP contribution in [0.4, 0.5) is 23.7 Å². The van der Waals surface area contributed by atoms with Crippen molar-refractivity contribution in [3.63, 3.8) is 0 Å². The Balaban J connectivity index is 1.59. The Labute approximate surface area is 206 Å². The molecule has 36 heavy (non-hydrogen) atoms. The van der Waals surface area contributed by atoms with Crippen molar-refractivity contribution < 1.29 is 27.9 Å². The molecule has 3 aromatic rings. The lowest BCUT2D eigenvalue weighted by atomic mass is 10.0. The number of nitrogens with zero attached hydrogens (tertiary/aromatic N) is 2. The van der Waals surface area contributed by atoms with E-state index in [1.165, 1.54) is 22.9 Å². The number of nitrogens with one attached hydrogen (secondary N) is 2. The molecule has 1 saturated carbocycles. The molecular weight excluding hydrogens is 473 g/mol. The second-order valence-electron chi connectivity index (χ2n) is 9.22. The quantitative estimate of drug-likeness (QED) is 0.392. The Kier molecular flexibility index (Phi) is 7.05. The normalized spacial score (nSPS) is 14.3. The van der Waals surface area contributed by atoms with E-state index in [1.54, 1.807) is 12.1 Å². The molecule has 0 atom stereocenters. The first kappa shape index (κ1) is 25.3. The van der Waals surface area contributed by atoms with Gasteiger partial charge in [0, 0.05) is 34.8 Å². The Bertz CT molecular complexity index is 1280. The zero-order valence-corrected chi connectivity index (χ0v) is 19.9. The van der Waals surface area contributed by atoms with Crippen molar-refractivity contribution in [3.8, 4) is 17.0 Å². The van der Waals surface area contributed by atoms with Gasteiger partial charge in [0.1, 0.15) is 5.75 Å². The second kappa shape index (κ2) is 10.0. The zero-order chi connectivity index (χ0) is 26.0. The standard InChI is InChI=1S/C26H27F3N4O3/c1-15(2)30-25(36)33-22(16-6-3-4-7-16)14-21(32-33)20-11-10-19(13-23(20)34)31-24(35)17-8-5-9-18(12-17)26(27,28)29/h5,8-16,34H,3-4,6-7H2,1-2H3,(H,30,36)(H,31,35). The van der Waals surface area contributed by atoms with Crippen molar-refractivity contribution in [2.75, 3.05) is 5.32 Å². The predicted molar refractivity (Wildman–Crippen MR) is 129 cm³/mol. The average Bonchev–Trinajstić information content (AvgIpc) is 3.48. The molecule has 4 rings (SSSR count). The molecule has 1 aromatic heterocycles. The molecule has 3 N–H and O–H groups in total. The van der Waals surface area contributed by atoms with Gasteiger partial charge in [-0.05, 0) is 63.1 Å². The smallest absolute Gasteiger partial charge is 0.416 e. The van der Waals surface area contributed by atoms with Gasteiger partial charge in [-0.1, -0.05) is 18.9 Å². The van der Waals surface area contributed by atoms with Crippen LogP contribution in [0.2, 0.25) is 0 Å². The number of phenolic OH excluding ortho intramolecular Hbond substituents is 1. The number of carbonyl (C=O) groups excluding carboxylic acids is 2. The number of carbonyl (C=O) groups is 2. The fourth-order valence-corrected chi connectivity index (χ4v) is 4.38. The Morgan fingerprint density at radius 3 is 2.44 bits per heavy atom. The van der Waals surface area contributed by atoms with Crippen molar-refractivity contribution in [1.82, 2.24) is 15.1 Å². The third-order valence-corrected chi connectivity index (χ3v) is 6.10. The molecule has 0 unspecified atom stereocenters. The topological polar surface area (TPSA) is 96.3 Å². The highest BCUT2D eigenvalue weighted by molar-refractivity contribution is 6.04. The molecule has 7 nitrogen and oxygen atoms in total. The van der Waals surface area contributed by atoms with Crippen LogP contribution in [0.5, 0.6) is 5.75 Å². The molecular formula is C26H27F3N4O3. The number of rotatable bonds is 5. The average molecular weight is 501 g/mol. The summed E-state index contributed by atoms with van der Waals surface area (Å²) in [6.07, 6.45) is -0.521. The minimum Gasteiger partial charge on any atom is -0.507 e. The molecule has 0 spiro atoms. The van der Waals surface area contributed by atoms with Crippen LogP contribution in [0.3, 0.4) is 0 Å². The van der Waals surface area contributed by atoms with Crippen LogP contribution in [-0.2, 0) is 6.18 Å². The highest BCUT2D eigenvalue weighted by Gasteiger charge is 2.31. The van der Waals surface area contributed by atoms with E-state index in [2.05, 4.69) is 15.7 Å². The van der Waals surface area contributed by atoms with Crippen LogP contribution in [0.15, 0.2) is 48.5 Å². The van der Waals surface area contributed by atoms with Crippen molar-refractivity contribution in [2.24, 2.45) is 0 Å². The van der Waals surface area contributed by atoms with Gasteiger partial charge in [0.2, 0.25) is 0 Å². The number of hydrogen-bond donors (Lipinski definition) is 3. The van der Waals surface area contributed by atoms with Crippen LogP contribution >= 0.6 is 0 Å². The third-order valence-electron chi connectivity index (χ3n) is 6.10. The minimum atomic E-state index is -4.57. The molecule has 0 bridgehead atoms. The van der Waals surface area contributed by atoms with E-state index < -0.39 is 17.6 Å². The van der Waals surface area contributed by atoms with Crippen LogP contribution in [0.1, 0.15) is 67.1 Å². The fourth-order valence-electron chi connectivity index (χ4n) is 4.38. The molecule has 10 heteroatoms. The largest absolute Gasteiger partial charge is 0.507 e. The summed E-state index contributed by atoms with van der Waals surface area (Å²) in [6.45, 7) is 3.71. The predicted octanol–water partition coefficient (Wildman–Crippen LogP) is 6.15. The fraction of sp³-hybridized carbons (Fsp3) is 0.346. The summed E-state index contributed by atoms with van der Waals surface area (Å²) < 4.78 is 40.2. The number of hydrogen-bond acceptors (Lipinski definition) is 4. The molecule has 190 valence electrons. The number of benzene rings is 2. The summed E-state index contributed by atoms with van der Waals surface area (Å²) in [4.78, 5) is 25.3. The highest BCUT2D eigenvalue weighted by atomic mass is 19.4. The van der Waals surface area contributed by atoms with Crippen molar-refractivity contribution >= 4 is 17.6 Å². The van der Waals surface area contributed by atoms with Gasteiger partial charge in [-0.2, -0.15) is 23.0 Å². The van der Waals surface area contributed by atoms with Crippen LogP contribution in [0, 0.1) is 0 Å². The van der Waals surface area contributed by atoms with Gasteiger partial charge in [-0.3, -0.25) is 4.79 Å². The minimum absolute atomic E-state index is 0.0744. The molecule has 2 amide bonds. The highest BCUT2D eigenvalue weighted by Crippen LogP contribution is 2.38. The van der Waals surface area contributed by atoms with E-state index >= 15 is 0 Å². The summed E-state index contributed by atoms with van der Waals surface area (Å²) in [5.41, 5.74) is 0.660.